The van der Waals surface area contributed by atoms with Gasteiger partial charge in [0.25, 0.3) is 5.91 Å². The molecular formula is C22H21N3O5S. The van der Waals surface area contributed by atoms with Crippen LogP contribution >= 0.6 is 11.8 Å². The number of methoxy groups -OCH3 is 1. The predicted molar refractivity (Wildman–Crippen MR) is 116 cm³/mol. The molecule has 31 heavy (non-hydrogen) atoms. The maximum Gasteiger partial charge on any atom is 0.337 e. The van der Waals surface area contributed by atoms with Crippen LogP contribution in [0.1, 0.15) is 38.1 Å². The Morgan fingerprint density at radius 2 is 1.87 bits per heavy atom. The van der Waals surface area contributed by atoms with E-state index in [1.54, 1.807) is 47.0 Å². The van der Waals surface area contributed by atoms with E-state index in [4.69, 9.17) is 0 Å². The van der Waals surface area contributed by atoms with Crippen LogP contribution in [0.3, 0.4) is 0 Å². The number of thioether (sulfide) groups is 1. The van der Waals surface area contributed by atoms with E-state index in [1.807, 2.05) is 18.2 Å². The largest absolute Gasteiger partial charge is 0.465 e. The van der Waals surface area contributed by atoms with Crippen molar-refractivity contribution in [3.05, 3.63) is 65.2 Å². The molecule has 0 aliphatic carbocycles. The van der Waals surface area contributed by atoms with Crippen molar-refractivity contribution < 1.29 is 23.9 Å². The normalized spacial score (nSPS) is 18.9. The van der Waals surface area contributed by atoms with E-state index in [9.17, 15) is 19.2 Å². The minimum Gasteiger partial charge on any atom is -0.465 e. The molecule has 2 aromatic carbocycles. The summed E-state index contributed by atoms with van der Waals surface area (Å²) in [7, 11) is 1.30. The summed E-state index contributed by atoms with van der Waals surface area (Å²) in [6.07, 6.45) is 0.0853. The van der Waals surface area contributed by atoms with Gasteiger partial charge in [0.1, 0.15) is 11.4 Å². The van der Waals surface area contributed by atoms with Crippen LogP contribution in [0.2, 0.25) is 0 Å². The van der Waals surface area contributed by atoms with Crippen LogP contribution in [0, 0.1) is 0 Å². The minimum absolute atomic E-state index is 0.0853. The van der Waals surface area contributed by atoms with Crippen LogP contribution in [0.15, 0.2) is 48.5 Å². The second kappa shape index (κ2) is 8.81. The maximum atomic E-state index is 12.7. The first-order chi connectivity index (χ1) is 15.0. The van der Waals surface area contributed by atoms with Crippen LogP contribution in [0.25, 0.3) is 0 Å². The number of amides is 3. The van der Waals surface area contributed by atoms with Crippen molar-refractivity contribution in [3.8, 4) is 0 Å². The standard InChI is InChI=1S/C22H21N3O5S/c1-30-22(29)13-6-8-14(9-7-13)24-18(26)10-11-23-19(27)17-12-31-21-16-5-3-2-4-15(16)20(28)25(17)21/h2-9,17,21H,10-12H2,1H3,(H,23,27)(H,24,26)/t17-,21-/m0/s1. The zero-order valence-corrected chi connectivity index (χ0v) is 17.6. The summed E-state index contributed by atoms with van der Waals surface area (Å²) in [5.41, 5.74) is 2.53. The number of carbonyl (C=O) groups is 4. The Morgan fingerprint density at radius 3 is 2.61 bits per heavy atom. The third-order valence-electron chi connectivity index (χ3n) is 5.24. The lowest BCUT2D eigenvalue weighted by molar-refractivity contribution is -0.124. The van der Waals surface area contributed by atoms with Gasteiger partial charge in [-0.05, 0) is 35.9 Å². The fraction of sp³-hybridized carbons (Fsp3) is 0.273. The van der Waals surface area contributed by atoms with Crippen molar-refractivity contribution in [3.63, 3.8) is 0 Å². The number of fused-ring (bicyclic) bond motifs is 3. The van der Waals surface area contributed by atoms with Gasteiger partial charge >= 0.3 is 5.97 Å². The molecule has 2 heterocycles. The van der Waals surface area contributed by atoms with Gasteiger partial charge in [-0.25, -0.2) is 4.79 Å². The first-order valence-electron chi connectivity index (χ1n) is 9.78. The Kier molecular flexibility index (Phi) is 5.94. The number of ether oxygens (including phenoxy) is 1. The fourth-order valence-corrected chi connectivity index (χ4v) is 5.16. The number of esters is 1. The van der Waals surface area contributed by atoms with Gasteiger partial charge in [0.05, 0.1) is 12.7 Å². The molecule has 0 saturated carbocycles. The lowest BCUT2D eigenvalue weighted by Crippen LogP contribution is -2.46. The average molecular weight is 439 g/mol. The summed E-state index contributed by atoms with van der Waals surface area (Å²) >= 11 is 1.57. The Morgan fingerprint density at radius 1 is 1.13 bits per heavy atom. The molecule has 0 spiro atoms. The van der Waals surface area contributed by atoms with E-state index >= 15 is 0 Å². The lowest BCUT2D eigenvalue weighted by atomic mass is 10.1. The number of carbonyl (C=O) groups excluding carboxylic acids is 4. The summed E-state index contributed by atoms with van der Waals surface area (Å²) in [5, 5.41) is 5.35. The first kappa shape index (κ1) is 20.9. The summed E-state index contributed by atoms with van der Waals surface area (Å²) in [5.74, 6) is -0.581. The quantitative estimate of drug-likeness (QED) is 0.669. The highest BCUT2D eigenvalue weighted by atomic mass is 32.2. The zero-order valence-electron chi connectivity index (χ0n) is 16.8. The third kappa shape index (κ3) is 4.13. The number of hydrogen-bond acceptors (Lipinski definition) is 6. The van der Waals surface area contributed by atoms with E-state index in [-0.39, 0.29) is 36.1 Å². The van der Waals surface area contributed by atoms with E-state index in [2.05, 4.69) is 15.4 Å². The van der Waals surface area contributed by atoms with Crippen molar-refractivity contribution in [2.75, 3.05) is 24.7 Å². The van der Waals surface area contributed by atoms with Gasteiger partial charge in [-0.1, -0.05) is 18.2 Å². The number of anilines is 1. The second-order valence-electron chi connectivity index (χ2n) is 7.16. The smallest absolute Gasteiger partial charge is 0.337 e. The van der Waals surface area contributed by atoms with Crippen LogP contribution in [-0.2, 0) is 14.3 Å². The number of hydrogen-bond donors (Lipinski definition) is 2. The van der Waals surface area contributed by atoms with Gasteiger partial charge in [0.2, 0.25) is 11.8 Å². The van der Waals surface area contributed by atoms with E-state index < -0.39 is 12.0 Å². The van der Waals surface area contributed by atoms with Gasteiger partial charge in [-0.2, -0.15) is 0 Å². The van der Waals surface area contributed by atoms with Crippen molar-refractivity contribution in [2.45, 2.75) is 17.8 Å². The van der Waals surface area contributed by atoms with E-state index in [0.717, 1.165) is 5.56 Å². The Bertz CT molecular complexity index is 1040. The summed E-state index contributed by atoms with van der Waals surface area (Å²) in [6, 6.07) is 13.2. The fourth-order valence-electron chi connectivity index (χ4n) is 3.69. The number of nitrogens with one attached hydrogen (secondary N) is 2. The van der Waals surface area contributed by atoms with Gasteiger partial charge in [0.15, 0.2) is 0 Å². The SMILES string of the molecule is COC(=O)c1ccc(NC(=O)CCNC(=O)[C@@H]2CS[C@H]3c4ccccc4C(=O)N23)cc1. The molecular weight excluding hydrogens is 418 g/mol. The molecule has 1 fully saturated rings. The van der Waals surface area contributed by atoms with Crippen LogP contribution in [0.5, 0.6) is 0 Å². The molecule has 160 valence electrons. The highest BCUT2D eigenvalue weighted by Gasteiger charge is 2.48. The predicted octanol–water partition coefficient (Wildman–Crippen LogP) is 2.19. The molecule has 2 aliphatic heterocycles. The lowest BCUT2D eigenvalue weighted by Gasteiger charge is -2.22. The molecule has 9 heteroatoms. The summed E-state index contributed by atoms with van der Waals surface area (Å²) in [6.45, 7) is 0.158. The van der Waals surface area contributed by atoms with Crippen LogP contribution < -0.4 is 10.6 Å². The molecule has 2 aliphatic rings. The van der Waals surface area contributed by atoms with Gasteiger partial charge < -0.3 is 20.3 Å². The molecule has 3 amide bonds. The topological polar surface area (TPSA) is 105 Å². The molecule has 2 atom stereocenters. The minimum atomic E-state index is -0.552. The molecule has 0 aromatic heterocycles. The van der Waals surface area contributed by atoms with Crippen molar-refractivity contribution in [1.82, 2.24) is 10.2 Å². The van der Waals surface area contributed by atoms with Crippen LogP contribution in [0.4, 0.5) is 5.69 Å². The summed E-state index contributed by atoms with van der Waals surface area (Å²) < 4.78 is 4.63. The van der Waals surface area contributed by atoms with Gasteiger partial charge in [-0.3, -0.25) is 14.4 Å². The maximum absolute atomic E-state index is 12.7. The molecule has 2 aromatic rings. The molecule has 0 radical (unpaired) electrons. The van der Waals surface area contributed by atoms with Crippen molar-refractivity contribution >= 4 is 41.1 Å². The zero-order chi connectivity index (χ0) is 22.0. The van der Waals surface area contributed by atoms with E-state index in [1.165, 1.54) is 7.11 Å². The monoisotopic (exact) mass is 439 g/mol. The molecule has 4 rings (SSSR count). The summed E-state index contributed by atoms with van der Waals surface area (Å²) in [4.78, 5) is 50.6. The highest BCUT2D eigenvalue weighted by Crippen LogP contribution is 2.47. The number of nitrogens with zero attached hydrogens (tertiary/aromatic N) is 1. The Hall–Kier alpha value is -3.33. The second-order valence-corrected chi connectivity index (χ2v) is 8.27. The van der Waals surface area contributed by atoms with Gasteiger partial charge in [-0.15, -0.1) is 11.8 Å². The average Bonchev–Trinajstić information content (AvgIpc) is 3.34. The highest BCUT2D eigenvalue weighted by molar-refractivity contribution is 7.99. The molecule has 0 unspecified atom stereocenters. The van der Waals surface area contributed by atoms with Crippen molar-refractivity contribution in [2.24, 2.45) is 0 Å². The molecule has 8 nitrogen and oxygen atoms in total. The molecule has 2 N–H and O–H groups in total. The molecule has 0 bridgehead atoms. The van der Waals surface area contributed by atoms with E-state index in [0.29, 0.717) is 22.6 Å². The van der Waals surface area contributed by atoms with Crippen LogP contribution in [-0.4, -0.2) is 54.0 Å². The Balaban J connectivity index is 1.27. The third-order valence-corrected chi connectivity index (χ3v) is 6.54. The van der Waals surface area contributed by atoms with Gasteiger partial charge in [0, 0.05) is 30.0 Å². The first-order valence-corrected chi connectivity index (χ1v) is 10.8. The molecule has 1 saturated heterocycles. The Labute approximate surface area is 183 Å². The number of rotatable bonds is 6. The number of benzene rings is 2. The van der Waals surface area contributed by atoms with Crippen molar-refractivity contribution in [1.29, 1.82) is 0 Å².